The highest BCUT2D eigenvalue weighted by Gasteiger charge is 2.58. The summed E-state index contributed by atoms with van der Waals surface area (Å²) in [7, 11) is 1.38. The van der Waals surface area contributed by atoms with E-state index in [0.717, 1.165) is 5.56 Å². The monoisotopic (exact) mass is 233 g/mol. The molecule has 17 heavy (non-hydrogen) atoms. The molecule has 0 bridgehead atoms. The molecule has 92 valence electrons. The molecule has 3 nitrogen and oxygen atoms in total. The lowest BCUT2D eigenvalue weighted by Crippen LogP contribution is -2.35. The Morgan fingerprint density at radius 2 is 2.00 bits per heavy atom. The highest BCUT2D eigenvalue weighted by Crippen LogP contribution is 2.50. The van der Waals surface area contributed by atoms with E-state index in [-0.39, 0.29) is 11.9 Å². The van der Waals surface area contributed by atoms with Crippen LogP contribution in [0.1, 0.15) is 43.2 Å². The van der Waals surface area contributed by atoms with Crippen molar-refractivity contribution < 1.29 is 9.53 Å². The molecule has 1 fully saturated rings. The Bertz CT molecular complexity index is 424. The first kappa shape index (κ1) is 12.1. The van der Waals surface area contributed by atoms with Crippen LogP contribution in [0.3, 0.4) is 0 Å². The molecule has 0 spiro atoms. The van der Waals surface area contributed by atoms with Crippen molar-refractivity contribution in [1.29, 1.82) is 0 Å². The lowest BCUT2D eigenvalue weighted by atomic mass is 9.99. The van der Waals surface area contributed by atoms with Crippen molar-refractivity contribution in [3.63, 3.8) is 0 Å². The van der Waals surface area contributed by atoms with Gasteiger partial charge in [-0.1, -0.05) is 38.1 Å². The fourth-order valence-electron chi connectivity index (χ4n) is 2.22. The minimum Gasteiger partial charge on any atom is -0.468 e. The molecule has 3 heteroatoms. The molecule has 0 aromatic heterocycles. The maximum absolute atomic E-state index is 11.5. The van der Waals surface area contributed by atoms with E-state index in [1.165, 1.54) is 12.7 Å². The largest absolute Gasteiger partial charge is 0.468 e. The van der Waals surface area contributed by atoms with Gasteiger partial charge in [-0.25, -0.2) is 0 Å². The Kier molecular flexibility index (Phi) is 2.96. The minimum atomic E-state index is -0.798. The fourth-order valence-corrected chi connectivity index (χ4v) is 2.22. The van der Waals surface area contributed by atoms with Crippen LogP contribution in [0.4, 0.5) is 0 Å². The van der Waals surface area contributed by atoms with Gasteiger partial charge in [-0.2, -0.15) is 0 Å². The number of hydrogen-bond acceptors (Lipinski definition) is 3. The molecule has 0 radical (unpaired) electrons. The van der Waals surface area contributed by atoms with Crippen LogP contribution in [-0.4, -0.2) is 18.6 Å². The Labute approximate surface area is 102 Å². The van der Waals surface area contributed by atoms with E-state index in [1.807, 2.05) is 0 Å². The summed E-state index contributed by atoms with van der Waals surface area (Å²) in [5.74, 6) is 0.318. The summed E-state index contributed by atoms with van der Waals surface area (Å²) >= 11 is 0. The number of carbonyl (C=O) groups is 1. The van der Waals surface area contributed by atoms with Crippen molar-refractivity contribution in [2.45, 2.75) is 37.6 Å². The van der Waals surface area contributed by atoms with Gasteiger partial charge in [0.1, 0.15) is 5.54 Å². The number of carbonyl (C=O) groups excluding carboxylic acids is 1. The van der Waals surface area contributed by atoms with Gasteiger partial charge < -0.3 is 10.5 Å². The summed E-state index contributed by atoms with van der Waals surface area (Å²) < 4.78 is 4.73. The van der Waals surface area contributed by atoms with E-state index in [1.54, 1.807) is 0 Å². The van der Waals surface area contributed by atoms with Crippen LogP contribution in [0, 0.1) is 0 Å². The summed E-state index contributed by atoms with van der Waals surface area (Å²) in [6.07, 6.45) is 0.681. The lowest BCUT2D eigenvalue weighted by molar-refractivity contribution is -0.143. The van der Waals surface area contributed by atoms with Gasteiger partial charge in [0.15, 0.2) is 0 Å². The number of nitrogens with two attached hydrogens (primary N) is 1. The van der Waals surface area contributed by atoms with Gasteiger partial charge in [-0.3, -0.25) is 4.79 Å². The van der Waals surface area contributed by atoms with Gasteiger partial charge in [0.25, 0.3) is 0 Å². The molecule has 2 N–H and O–H groups in total. The molecule has 2 unspecified atom stereocenters. The Hall–Kier alpha value is -1.35. The summed E-state index contributed by atoms with van der Waals surface area (Å²) in [4.78, 5) is 11.5. The van der Waals surface area contributed by atoms with Crippen molar-refractivity contribution >= 4 is 5.97 Å². The van der Waals surface area contributed by atoms with Gasteiger partial charge in [-0.15, -0.1) is 0 Å². The van der Waals surface area contributed by atoms with E-state index < -0.39 is 5.54 Å². The van der Waals surface area contributed by atoms with Crippen LogP contribution >= 0.6 is 0 Å². The summed E-state index contributed by atoms with van der Waals surface area (Å²) in [6.45, 7) is 4.32. The van der Waals surface area contributed by atoms with Gasteiger partial charge in [-0.05, 0) is 23.5 Å². The van der Waals surface area contributed by atoms with Crippen molar-refractivity contribution in [3.8, 4) is 0 Å². The second-order valence-corrected chi connectivity index (χ2v) is 5.11. The van der Waals surface area contributed by atoms with Crippen LogP contribution in [0.5, 0.6) is 0 Å². The molecule has 0 heterocycles. The number of rotatable bonds is 3. The van der Waals surface area contributed by atoms with Crippen LogP contribution in [0.2, 0.25) is 0 Å². The molecule has 1 aliphatic carbocycles. The fraction of sp³-hybridized carbons (Fsp3) is 0.500. The smallest absolute Gasteiger partial charge is 0.326 e. The van der Waals surface area contributed by atoms with Gasteiger partial charge in [0, 0.05) is 5.92 Å². The van der Waals surface area contributed by atoms with Crippen LogP contribution in [0.25, 0.3) is 0 Å². The van der Waals surface area contributed by atoms with Crippen LogP contribution in [0.15, 0.2) is 24.3 Å². The Morgan fingerprint density at radius 1 is 1.41 bits per heavy atom. The second kappa shape index (κ2) is 4.15. The van der Waals surface area contributed by atoms with Gasteiger partial charge >= 0.3 is 5.97 Å². The standard InChI is InChI=1S/C14H19NO2/c1-9(2)10-4-6-11(7-5-10)12-8-14(12,15)13(16)17-3/h4-7,9,12H,8,15H2,1-3H3. The van der Waals surface area contributed by atoms with Crippen molar-refractivity contribution in [2.75, 3.05) is 7.11 Å². The van der Waals surface area contributed by atoms with E-state index >= 15 is 0 Å². The third-order valence-electron chi connectivity index (χ3n) is 3.57. The molecule has 1 saturated carbocycles. The Balaban J connectivity index is 2.14. The first-order valence-electron chi connectivity index (χ1n) is 5.96. The zero-order valence-electron chi connectivity index (χ0n) is 10.6. The molecule has 1 aromatic rings. The van der Waals surface area contributed by atoms with E-state index in [4.69, 9.17) is 10.5 Å². The molecule has 0 saturated heterocycles. The van der Waals surface area contributed by atoms with Gasteiger partial charge in [0.05, 0.1) is 7.11 Å². The van der Waals surface area contributed by atoms with Crippen molar-refractivity contribution in [3.05, 3.63) is 35.4 Å². The molecule has 1 aromatic carbocycles. The van der Waals surface area contributed by atoms with Crippen LogP contribution < -0.4 is 5.73 Å². The van der Waals surface area contributed by atoms with E-state index in [2.05, 4.69) is 38.1 Å². The molecule has 2 atom stereocenters. The maximum atomic E-state index is 11.5. The lowest BCUT2D eigenvalue weighted by Gasteiger charge is -2.10. The molecule has 0 aliphatic heterocycles. The van der Waals surface area contributed by atoms with Crippen LogP contribution in [-0.2, 0) is 9.53 Å². The average Bonchev–Trinajstić information content (AvgIpc) is 3.02. The first-order valence-corrected chi connectivity index (χ1v) is 5.96. The Morgan fingerprint density at radius 3 is 2.47 bits per heavy atom. The average molecular weight is 233 g/mol. The highest BCUT2D eigenvalue weighted by atomic mass is 16.5. The number of esters is 1. The maximum Gasteiger partial charge on any atom is 0.326 e. The SMILES string of the molecule is COC(=O)C1(N)CC1c1ccc(C(C)C)cc1. The molecule has 0 amide bonds. The third-order valence-corrected chi connectivity index (χ3v) is 3.57. The summed E-state index contributed by atoms with van der Waals surface area (Å²) in [6, 6.07) is 8.35. The topological polar surface area (TPSA) is 52.3 Å². The molecular weight excluding hydrogens is 214 g/mol. The highest BCUT2D eigenvalue weighted by molar-refractivity contribution is 5.86. The van der Waals surface area contributed by atoms with E-state index in [0.29, 0.717) is 12.3 Å². The molecule has 2 rings (SSSR count). The predicted octanol–water partition coefficient (Wildman–Crippen LogP) is 2.17. The van der Waals surface area contributed by atoms with Crippen molar-refractivity contribution in [1.82, 2.24) is 0 Å². The van der Waals surface area contributed by atoms with Crippen molar-refractivity contribution in [2.24, 2.45) is 5.73 Å². The predicted molar refractivity (Wildman–Crippen MR) is 66.8 cm³/mol. The van der Waals surface area contributed by atoms with E-state index in [9.17, 15) is 4.79 Å². The number of methoxy groups -OCH3 is 1. The third kappa shape index (κ3) is 2.07. The zero-order chi connectivity index (χ0) is 12.6. The number of hydrogen-bond donors (Lipinski definition) is 1. The minimum absolute atomic E-state index is 0.108. The second-order valence-electron chi connectivity index (χ2n) is 5.11. The zero-order valence-corrected chi connectivity index (χ0v) is 10.6. The normalized spacial score (nSPS) is 27.0. The number of ether oxygens (including phenoxy) is 1. The summed E-state index contributed by atoms with van der Waals surface area (Å²) in [5, 5.41) is 0. The first-order chi connectivity index (χ1) is 7.99. The molecular formula is C14H19NO2. The van der Waals surface area contributed by atoms with Gasteiger partial charge in [0.2, 0.25) is 0 Å². The number of benzene rings is 1. The quantitative estimate of drug-likeness (QED) is 0.814. The molecule has 1 aliphatic rings. The summed E-state index contributed by atoms with van der Waals surface area (Å²) in [5.41, 5.74) is 7.63.